The number of carbonyl (C=O) groups is 1. The van der Waals surface area contributed by atoms with Crippen LogP contribution in [-0.2, 0) is 14.8 Å². The second-order valence-corrected chi connectivity index (χ2v) is 6.80. The summed E-state index contributed by atoms with van der Waals surface area (Å²) in [6.07, 6.45) is 3.54. The zero-order valence-corrected chi connectivity index (χ0v) is 11.6. The average molecular weight is 277 g/mol. The normalized spacial score (nSPS) is 24.1. The van der Waals surface area contributed by atoms with Gasteiger partial charge in [-0.05, 0) is 25.7 Å². The Bertz CT molecular complexity index is 370. The molecule has 18 heavy (non-hydrogen) atoms. The summed E-state index contributed by atoms with van der Waals surface area (Å²) >= 11 is 0. The van der Waals surface area contributed by atoms with Crippen molar-refractivity contribution >= 4 is 15.9 Å². The number of hydrogen-bond donors (Lipinski definition) is 3. The smallest absolute Gasteiger partial charge is 0.220 e. The van der Waals surface area contributed by atoms with Crippen molar-refractivity contribution < 1.29 is 13.2 Å². The van der Waals surface area contributed by atoms with Crippen LogP contribution >= 0.6 is 0 Å². The second kappa shape index (κ2) is 7.06. The molecule has 0 bridgehead atoms. The molecule has 0 heterocycles. The highest BCUT2D eigenvalue weighted by Crippen LogP contribution is 2.26. The largest absolute Gasteiger partial charge is 0.355 e. The van der Waals surface area contributed by atoms with Gasteiger partial charge in [0.15, 0.2) is 0 Å². The Labute approximate surface area is 109 Å². The van der Waals surface area contributed by atoms with Gasteiger partial charge >= 0.3 is 0 Å². The lowest BCUT2D eigenvalue weighted by Gasteiger charge is -2.14. The molecule has 1 aliphatic carbocycles. The van der Waals surface area contributed by atoms with Crippen molar-refractivity contribution in [2.45, 2.75) is 38.6 Å². The third-order valence-corrected chi connectivity index (χ3v) is 4.72. The van der Waals surface area contributed by atoms with Crippen LogP contribution in [0.25, 0.3) is 0 Å². The molecule has 0 unspecified atom stereocenters. The molecule has 2 atom stereocenters. The molecule has 1 saturated carbocycles. The molecule has 7 heteroatoms. The molecule has 1 aliphatic rings. The highest BCUT2D eigenvalue weighted by molar-refractivity contribution is 7.89. The number of amides is 1. The molecule has 0 aromatic carbocycles. The van der Waals surface area contributed by atoms with E-state index >= 15 is 0 Å². The van der Waals surface area contributed by atoms with Crippen LogP contribution in [0.2, 0.25) is 0 Å². The van der Waals surface area contributed by atoms with Crippen molar-refractivity contribution in [2.75, 3.05) is 18.8 Å². The van der Waals surface area contributed by atoms with Gasteiger partial charge in [0, 0.05) is 25.6 Å². The number of sulfonamides is 1. The predicted molar refractivity (Wildman–Crippen MR) is 70.4 cm³/mol. The van der Waals surface area contributed by atoms with E-state index in [2.05, 4.69) is 10.0 Å². The minimum Gasteiger partial charge on any atom is -0.355 e. The molecule has 0 radical (unpaired) electrons. The van der Waals surface area contributed by atoms with Crippen LogP contribution in [0, 0.1) is 5.92 Å². The molecule has 4 N–H and O–H groups in total. The zero-order chi connectivity index (χ0) is 13.6. The number of rotatable bonds is 7. The van der Waals surface area contributed by atoms with Gasteiger partial charge in [-0.3, -0.25) is 4.79 Å². The topological polar surface area (TPSA) is 101 Å². The number of nitrogens with two attached hydrogens (primary N) is 1. The second-order valence-electron chi connectivity index (χ2n) is 4.71. The third-order valence-electron chi connectivity index (χ3n) is 3.31. The molecule has 0 spiro atoms. The lowest BCUT2D eigenvalue weighted by Crippen LogP contribution is -2.37. The fourth-order valence-electron chi connectivity index (χ4n) is 2.14. The molecule has 0 saturated heterocycles. The molecule has 1 rings (SSSR count). The lowest BCUT2D eigenvalue weighted by atomic mass is 10.00. The molecule has 6 nitrogen and oxygen atoms in total. The van der Waals surface area contributed by atoms with Gasteiger partial charge in [0.05, 0.1) is 5.75 Å². The maximum Gasteiger partial charge on any atom is 0.220 e. The predicted octanol–water partition coefficient (Wildman–Crippen LogP) is -0.441. The van der Waals surface area contributed by atoms with Crippen LogP contribution in [-0.4, -0.2) is 39.2 Å². The van der Waals surface area contributed by atoms with Gasteiger partial charge in [0.25, 0.3) is 0 Å². The van der Waals surface area contributed by atoms with Crippen molar-refractivity contribution in [3.05, 3.63) is 0 Å². The van der Waals surface area contributed by atoms with Gasteiger partial charge in [-0.15, -0.1) is 0 Å². The van der Waals surface area contributed by atoms with Gasteiger partial charge in [0.2, 0.25) is 15.9 Å². The van der Waals surface area contributed by atoms with Crippen LogP contribution in [0.3, 0.4) is 0 Å². The number of nitrogens with one attached hydrogen (secondary N) is 2. The first-order valence-corrected chi connectivity index (χ1v) is 8.09. The van der Waals surface area contributed by atoms with Gasteiger partial charge in [0.1, 0.15) is 0 Å². The summed E-state index contributed by atoms with van der Waals surface area (Å²) < 4.78 is 24.6. The summed E-state index contributed by atoms with van der Waals surface area (Å²) in [5.74, 6) is 0.281. The summed E-state index contributed by atoms with van der Waals surface area (Å²) in [6.45, 7) is 2.13. The van der Waals surface area contributed by atoms with Crippen molar-refractivity contribution in [1.82, 2.24) is 10.0 Å². The Morgan fingerprint density at radius 1 is 1.33 bits per heavy atom. The number of carbonyl (C=O) groups excluding carboxylic acids is 1. The van der Waals surface area contributed by atoms with Gasteiger partial charge < -0.3 is 11.1 Å². The Morgan fingerprint density at radius 2 is 2.06 bits per heavy atom. The molecule has 0 aromatic rings. The average Bonchev–Trinajstić information content (AvgIpc) is 2.71. The van der Waals surface area contributed by atoms with Crippen LogP contribution in [0.5, 0.6) is 0 Å². The van der Waals surface area contributed by atoms with E-state index in [9.17, 15) is 13.2 Å². The third kappa shape index (κ3) is 5.32. The molecular formula is C11H23N3O3S. The lowest BCUT2D eigenvalue weighted by molar-refractivity contribution is -0.122. The summed E-state index contributed by atoms with van der Waals surface area (Å²) in [5.41, 5.74) is 5.89. The van der Waals surface area contributed by atoms with Crippen molar-refractivity contribution in [1.29, 1.82) is 0 Å². The quantitative estimate of drug-likeness (QED) is 0.549. The van der Waals surface area contributed by atoms with E-state index in [0.717, 1.165) is 19.3 Å². The highest BCUT2D eigenvalue weighted by Gasteiger charge is 2.25. The van der Waals surface area contributed by atoms with Crippen LogP contribution < -0.4 is 15.8 Å². The van der Waals surface area contributed by atoms with E-state index in [4.69, 9.17) is 5.73 Å². The fourth-order valence-corrected chi connectivity index (χ4v) is 2.76. The van der Waals surface area contributed by atoms with E-state index in [-0.39, 0.29) is 30.2 Å². The van der Waals surface area contributed by atoms with Crippen LogP contribution in [0.1, 0.15) is 32.6 Å². The first-order valence-electron chi connectivity index (χ1n) is 6.44. The van der Waals surface area contributed by atoms with Gasteiger partial charge in [-0.1, -0.05) is 6.42 Å². The van der Waals surface area contributed by atoms with Crippen LogP contribution in [0.15, 0.2) is 0 Å². The first-order chi connectivity index (χ1) is 8.44. The van der Waals surface area contributed by atoms with E-state index < -0.39 is 10.0 Å². The highest BCUT2D eigenvalue weighted by atomic mass is 32.2. The van der Waals surface area contributed by atoms with Crippen molar-refractivity contribution in [2.24, 2.45) is 11.7 Å². The SMILES string of the molecule is CCS(=O)(=O)NCCNC(=O)C[C@@H]1CCC[C@H]1N. The number of hydrogen-bond acceptors (Lipinski definition) is 4. The zero-order valence-electron chi connectivity index (χ0n) is 10.8. The summed E-state index contributed by atoms with van der Waals surface area (Å²) in [5, 5.41) is 2.71. The molecule has 1 fully saturated rings. The van der Waals surface area contributed by atoms with E-state index in [1.807, 2.05) is 0 Å². The molecule has 1 amide bonds. The van der Waals surface area contributed by atoms with Crippen molar-refractivity contribution in [3.8, 4) is 0 Å². The van der Waals surface area contributed by atoms with Crippen molar-refractivity contribution in [3.63, 3.8) is 0 Å². The van der Waals surface area contributed by atoms with E-state index in [0.29, 0.717) is 13.0 Å². The summed E-state index contributed by atoms with van der Waals surface area (Å²) in [7, 11) is -3.17. The van der Waals surface area contributed by atoms with Gasteiger partial charge in [-0.25, -0.2) is 13.1 Å². The Balaban J connectivity index is 2.14. The first kappa shape index (κ1) is 15.4. The molecule has 0 aromatic heterocycles. The fraction of sp³-hybridized carbons (Fsp3) is 0.909. The Hall–Kier alpha value is -0.660. The molecular weight excluding hydrogens is 254 g/mol. The maximum absolute atomic E-state index is 11.6. The van der Waals surface area contributed by atoms with E-state index in [1.54, 1.807) is 6.92 Å². The monoisotopic (exact) mass is 277 g/mol. The summed E-state index contributed by atoms with van der Waals surface area (Å²) in [4.78, 5) is 11.6. The van der Waals surface area contributed by atoms with Gasteiger partial charge in [-0.2, -0.15) is 0 Å². The Kier molecular flexibility index (Phi) is 6.04. The minimum atomic E-state index is -3.17. The maximum atomic E-state index is 11.6. The molecule has 0 aliphatic heterocycles. The Morgan fingerprint density at radius 3 is 2.61 bits per heavy atom. The minimum absolute atomic E-state index is 0.0481. The summed E-state index contributed by atoms with van der Waals surface area (Å²) in [6, 6.07) is 0.134. The van der Waals surface area contributed by atoms with Crippen LogP contribution in [0.4, 0.5) is 0 Å². The molecule has 106 valence electrons. The van der Waals surface area contributed by atoms with E-state index in [1.165, 1.54) is 0 Å². The standard InChI is InChI=1S/C11H23N3O3S/c1-2-18(16,17)14-7-6-13-11(15)8-9-4-3-5-10(9)12/h9-10,14H,2-8,12H2,1H3,(H,13,15)/t9-,10+/m0/s1.